The molecule has 1 fully saturated rings. The summed E-state index contributed by atoms with van der Waals surface area (Å²) in [7, 11) is 1.66. The van der Waals surface area contributed by atoms with Gasteiger partial charge in [0.05, 0.1) is 32.5 Å². The van der Waals surface area contributed by atoms with Crippen LogP contribution in [0.3, 0.4) is 0 Å². The van der Waals surface area contributed by atoms with Crippen molar-refractivity contribution in [3.63, 3.8) is 0 Å². The van der Waals surface area contributed by atoms with E-state index in [1.807, 2.05) is 66.9 Å². The molecule has 0 aromatic heterocycles. The van der Waals surface area contributed by atoms with E-state index < -0.39 is 6.29 Å². The van der Waals surface area contributed by atoms with Crippen LogP contribution in [-0.2, 0) is 27.4 Å². The lowest BCUT2D eigenvalue weighted by Crippen LogP contribution is -2.54. The van der Waals surface area contributed by atoms with Gasteiger partial charge in [-0.1, -0.05) is 74.5 Å². The monoisotopic (exact) mass is 473 g/mol. The van der Waals surface area contributed by atoms with Gasteiger partial charge in [-0.25, -0.2) is 0 Å². The van der Waals surface area contributed by atoms with Crippen LogP contribution in [0.2, 0.25) is 0 Å². The second-order valence-corrected chi connectivity index (χ2v) is 8.91. The summed E-state index contributed by atoms with van der Waals surface area (Å²) in [5.74, 6) is 0.981. The number of rotatable bonds is 10. The van der Waals surface area contributed by atoms with Gasteiger partial charge in [0.1, 0.15) is 11.8 Å². The second-order valence-electron chi connectivity index (χ2n) is 8.91. The predicted molar refractivity (Wildman–Crippen MR) is 139 cm³/mol. The normalized spacial score (nSPS) is 24.5. The highest BCUT2D eigenvalue weighted by atomic mass is 16.7. The highest BCUT2D eigenvalue weighted by Gasteiger charge is 2.44. The maximum atomic E-state index is 6.54. The minimum absolute atomic E-state index is 0.0315. The summed E-state index contributed by atoms with van der Waals surface area (Å²) >= 11 is 0. The van der Waals surface area contributed by atoms with E-state index in [1.54, 1.807) is 7.11 Å². The summed E-state index contributed by atoms with van der Waals surface area (Å²) in [5, 5.41) is 0. The molecule has 0 bridgehead atoms. The quantitative estimate of drug-likeness (QED) is 0.336. The van der Waals surface area contributed by atoms with Crippen LogP contribution in [0.25, 0.3) is 0 Å². The van der Waals surface area contributed by atoms with Crippen LogP contribution in [0, 0.1) is 5.92 Å². The summed E-state index contributed by atoms with van der Waals surface area (Å²) in [6.07, 6.45) is 2.14. The van der Waals surface area contributed by atoms with Gasteiger partial charge in [0.15, 0.2) is 6.29 Å². The Hall–Kier alpha value is -2.99. The molecule has 1 saturated heterocycles. The number of nitrogens with zero attached hydrogens (tertiary/aromatic N) is 1. The number of ether oxygens (including phenoxy) is 4. The zero-order valence-corrected chi connectivity index (χ0v) is 20.7. The topological polar surface area (TPSA) is 49.3 Å². The lowest BCUT2D eigenvalue weighted by molar-refractivity contribution is -0.255. The first kappa shape index (κ1) is 25.1. The van der Waals surface area contributed by atoms with Crippen molar-refractivity contribution in [2.75, 3.05) is 7.11 Å². The van der Waals surface area contributed by atoms with Gasteiger partial charge >= 0.3 is 0 Å². The number of benzene rings is 3. The van der Waals surface area contributed by atoms with Crippen LogP contribution in [0.15, 0.2) is 89.9 Å². The van der Waals surface area contributed by atoms with E-state index in [1.165, 1.54) is 0 Å². The standard InChI is InChI=1S/C30H35NO4/c1-4-27-22(2)29(33-20-24-11-7-5-8-12-24)28(31-19-23-15-17-26(32-3)18-16-23)30(35-27)34-21-25-13-9-6-10-14-25/h5-19,22,27-30H,4,20-21H2,1-3H3/b31-19+/t22-,27-,28-,29+,30?/m1/s1. The van der Waals surface area contributed by atoms with Gasteiger partial charge in [0.25, 0.3) is 0 Å². The average molecular weight is 474 g/mol. The van der Waals surface area contributed by atoms with Gasteiger partial charge in [0.2, 0.25) is 0 Å². The highest BCUT2D eigenvalue weighted by Crippen LogP contribution is 2.33. The molecule has 1 unspecified atom stereocenters. The molecule has 0 aliphatic carbocycles. The van der Waals surface area contributed by atoms with E-state index in [0.29, 0.717) is 13.2 Å². The van der Waals surface area contributed by atoms with Crippen molar-refractivity contribution in [2.45, 2.75) is 58.0 Å². The van der Waals surface area contributed by atoms with Gasteiger partial charge in [-0.3, -0.25) is 4.99 Å². The first-order chi connectivity index (χ1) is 17.2. The molecule has 184 valence electrons. The predicted octanol–water partition coefficient (Wildman–Crippen LogP) is 6.06. The first-order valence-corrected chi connectivity index (χ1v) is 12.3. The van der Waals surface area contributed by atoms with Gasteiger partial charge in [0, 0.05) is 12.1 Å². The fraction of sp³-hybridized carbons (Fsp3) is 0.367. The van der Waals surface area contributed by atoms with E-state index in [-0.39, 0.29) is 24.2 Å². The Kier molecular flexibility index (Phi) is 9.07. The third-order valence-corrected chi connectivity index (χ3v) is 6.49. The van der Waals surface area contributed by atoms with Crippen molar-refractivity contribution in [3.8, 4) is 5.75 Å². The van der Waals surface area contributed by atoms with Gasteiger partial charge < -0.3 is 18.9 Å². The number of methoxy groups -OCH3 is 1. The van der Waals surface area contributed by atoms with E-state index in [0.717, 1.165) is 28.9 Å². The maximum Gasteiger partial charge on any atom is 0.183 e. The lowest BCUT2D eigenvalue weighted by atomic mass is 9.87. The van der Waals surface area contributed by atoms with Crippen LogP contribution in [0.1, 0.15) is 37.0 Å². The fourth-order valence-electron chi connectivity index (χ4n) is 4.45. The van der Waals surface area contributed by atoms with Crippen LogP contribution in [0.5, 0.6) is 5.75 Å². The number of hydrogen-bond donors (Lipinski definition) is 0. The third-order valence-electron chi connectivity index (χ3n) is 6.49. The minimum Gasteiger partial charge on any atom is -0.497 e. The number of hydrogen-bond acceptors (Lipinski definition) is 5. The second kappa shape index (κ2) is 12.6. The molecule has 3 aromatic rings. The lowest BCUT2D eigenvalue weighted by Gasteiger charge is -2.43. The van der Waals surface area contributed by atoms with Gasteiger partial charge in [-0.15, -0.1) is 0 Å². The summed E-state index contributed by atoms with van der Waals surface area (Å²) in [4.78, 5) is 4.97. The molecule has 1 aliphatic rings. The first-order valence-electron chi connectivity index (χ1n) is 12.3. The van der Waals surface area contributed by atoms with E-state index >= 15 is 0 Å². The molecule has 35 heavy (non-hydrogen) atoms. The van der Waals surface area contributed by atoms with Gasteiger partial charge in [-0.05, 0) is 47.4 Å². The Bertz CT molecular complexity index is 1040. The Morgan fingerprint density at radius 2 is 1.43 bits per heavy atom. The molecule has 0 N–H and O–H groups in total. The molecule has 0 amide bonds. The van der Waals surface area contributed by atoms with Crippen molar-refractivity contribution in [1.29, 1.82) is 0 Å². The Morgan fingerprint density at radius 3 is 2.00 bits per heavy atom. The van der Waals surface area contributed by atoms with E-state index in [4.69, 9.17) is 23.9 Å². The van der Waals surface area contributed by atoms with Crippen LogP contribution in [-0.4, -0.2) is 37.9 Å². The summed E-state index contributed by atoms with van der Waals surface area (Å²) in [6, 6.07) is 27.9. The van der Waals surface area contributed by atoms with Crippen molar-refractivity contribution >= 4 is 6.21 Å². The molecule has 5 heteroatoms. The molecule has 0 spiro atoms. The molecule has 0 saturated carbocycles. The maximum absolute atomic E-state index is 6.54. The fourth-order valence-corrected chi connectivity index (χ4v) is 4.45. The molecule has 4 rings (SSSR count). The van der Waals surface area contributed by atoms with E-state index in [2.05, 4.69) is 38.1 Å². The van der Waals surface area contributed by atoms with Crippen molar-refractivity contribution in [1.82, 2.24) is 0 Å². The smallest absolute Gasteiger partial charge is 0.183 e. The molecule has 1 aliphatic heterocycles. The SMILES string of the molecule is CC[C@H]1OC(OCc2ccccc2)[C@H](/N=C/c2ccc(OC)cc2)[C@@H](OCc2ccccc2)[C@@H]1C. The molecule has 1 heterocycles. The van der Waals surface area contributed by atoms with Crippen LogP contribution >= 0.6 is 0 Å². The van der Waals surface area contributed by atoms with Crippen molar-refractivity contribution in [2.24, 2.45) is 10.9 Å². The van der Waals surface area contributed by atoms with Crippen LogP contribution < -0.4 is 4.74 Å². The number of aliphatic imine (C=N–C) groups is 1. The molecule has 5 nitrogen and oxygen atoms in total. The molecule has 3 aromatic carbocycles. The Balaban J connectivity index is 1.58. The molecular formula is C30H35NO4. The molecule has 0 radical (unpaired) electrons. The third kappa shape index (κ3) is 6.79. The Labute approximate surface area is 208 Å². The summed E-state index contributed by atoms with van der Waals surface area (Å²) in [5.41, 5.74) is 3.22. The summed E-state index contributed by atoms with van der Waals surface area (Å²) in [6.45, 7) is 5.31. The zero-order valence-electron chi connectivity index (χ0n) is 20.7. The zero-order chi connectivity index (χ0) is 24.5. The Morgan fingerprint density at radius 1 is 0.829 bits per heavy atom. The average Bonchev–Trinajstić information content (AvgIpc) is 2.92. The van der Waals surface area contributed by atoms with Crippen LogP contribution in [0.4, 0.5) is 0 Å². The summed E-state index contributed by atoms with van der Waals surface area (Å²) < 4.78 is 24.6. The minimum atomic E-state index is -0.508. The highest BCUT2D eigenvalue weighted by molar-refractivity contribution is 5.80. The van der Waals surface area contributed by atoms with Gasteiger partial charge in [-0.2, -0.15) is 0 Å². The molecule has 5 atom stereocenters. The van der Waals surface area contributed by atoms with Crippen molar-refractivity contribution < 1.29 is 18.9 Å². The van der Waals surface area contributed by atoms with Crippen molar-refractivity contribution in [3.05, 3.63) is 102 Å². The molecular weight excluding hydrogens is 438 g/mol. The largest absolute Gasteiger partial charge is 0.497 e. The van der Waals surface area contributed by atoms with E-state index in [9.17, 15) is 0 Å².